The maximum Gasteiger partial charge on any atom is 0.180 e. The van der Waals surface area contributed by atoms with E-state index in [2.05, 4.69) is 12.0 Å². The average molecular weight is 209 g/mol. The summed E-state index contributed by atoms with van der Waals surface area (Å²) < 4.78 is 1.77. The van der Waals surface area contributed by atoms with Gasteiger partial charge in [-0.25, -0.2) is 0 Å². The van der Waals surface area contributed by atoms with Crippen LogP contribution in [0.25, 0.3) is 0 Å². The van der Waals surface area contributed by atoms with E-state index < -0.39 is 0 Å². The van der Waals surface area contributed by atoms with E-state index in [-0.39, 0.29) is 11.8 Å². The summed E-state index contributed by atoms with van der Waals surface area (Å²) >= 11 is 0. The molecule has 0 aromatic carbocycles. The van der Waals surface area contributed by atoms with Crippen molar-refractivity contribution < 1.29 is 4.79 Å². The Morgan fingerprint density at radius 1 is 1.67 bits per heavy atom. The Balaban J connectivity index is 2.60. The summed E-state index contributed by atoms with van der Waals surface area (Å²) in [6.07, 6.45) is 3.90. The first-order valence-electron chi connectivity index (χ1n) is 5.45. The number of carbonyl (C=O) groups excluding carboxylic acids is 1. The molecule has 1 atom stereocenters. The van der Waals surface area contributed by atoms with Gasteiger partial charge in [-0.1, -0.05) is 6.92 Å². The molecule has 84 valence electrons. The van der Waals surface area contributed by atoms with Crippen molar-refractivity contribution in [3.05, 3.63) is 18.0 Å². The van der Waals surface area contributed by atoms with Gasteiger partial charge < -0.3 is 5.73 Å². The van der Waals surface area contributed by atoms with Crippen LogP contribution in [0.4, 0.5) is 0 Å². The lowest BCUT2D eigenvalue weighted by molar-refractivity contribution is 0.0967. The van der Waals surface area contributed by atoms with E-state index in [1.54, 1.807) is 16.9 Å². The van der Waals surface area contributed by atoms with Gasteiger partial charge >= 0.3 is 0 Å². The number of aryl methyl sites for hydroxylation is 1. The van der Waals surface area contributed by atoms with Gasteiger partial charge in [0.1, 0.15) is 5.69 Å². The summed E-state index contributed by atoms with van der Waals surface area (Å²) in [5, 5.41) is 4.12. The lowest BCUT2D eigenvalue weighted by Crippen LogP contribution is -2.18. The van der Waals surface area contributed by atoms with Gasteiger partial charge in [-0.05, 0) is 25.8 Å². The summed E-state index contributed by atoms with van der Waals surface area (Å²) in [7, 11) is 0. The van der Waals surface area contributed by atoms with E-state index in [9.17, 15) is 4.79 Å². The molecule has 0 saturated heterocycles. The Kier molecular flexibility index (Phi) is 4.49. The predicted molar refractivity (Wildman–Crippen MR) is 59.7 cm³/mol. The molecule has 0 bridgehead atoms. The highest BCUT2D eigenvalue weighted by Crippen LogP contribution is 2.07. The molecule has 4 heteroatoms. The number of hydrogen-bond acceptors (Lipinski definition) is 3. The van der Waals surface area contributed by atoms with Gasteiger partial charge in [0.25, 0.3) is 0 Å². The van der Waals surface area contributed by atoms with Gasteiger partial charge in [-0.3, -0.25) is 9.48 Å². The fourth-order valence-electron chi connectivity index (χ4n) is 1.45. The molecule has 0 aliphatic rings. The van der Waals surface area contributed by atoms with Crippen molar-refractivity contribution in [2.45, 2.75) is 45.7 Å². The number of hydrogen-bond donors (Lipinski definition) is 1. The third kappa shape index (κ3) is 3.47. The number of Topliss-reactive ketones (excluding diaryl/α,β-unsaturated/α-hetero) is 1. The molecule has 2 N–H and O–H groups in total. The lowest BCUT2D eigenvalue weighted by Gasteiger charge is -2.06. The number of aromatic nitrogens is 2. The molecule has 0 fully saturated rings. The molecule has 0 spiro atoms. The summed E-state index contributed by atoms with van der Waals surface area (Å²) in [5.74, 6) is 0.137. The van der Waals surface area contributed by atoms with Crippen molar-refractivity contribution >= 4 is 5.78 Å². The monoisotopic (exact) mass is 209 g/mol. The fraction of sp³-hybridized carbons (Fsp3) is 0.636. The number of ketones is 1. The fourth-order valence-corrected chi connectivity index (χ4v) is 1.45. The van der Waals surface area contributed by atoms with Gasteiger partial charge in [0.15, 0.2) is 5.78 Å². The quantitative estimate of drug-likeness (QED) is 0.724. The minimum absolute atomic E-state index is 0.0801. The first kappa shape index (κ1) is 11.9. The molecule has 0 amide bonds. The average Bonchev–Trinajstić information content (AvgIpc) is 2.63. The number of carbonyl (C=O) groups is 1. The van der Waals surface area contributed by atoms with Gasteiger partial charge in [-0.15, -0.1) is 0 Å². The maximum atomic E-state index is 11.8. The molecule has 0 aliphatic heterocycles. The zero-order chi connectivity index (χ0) is 11.3. The molecule has 0 radical (unpaired) electrons. The minimum Gasteiger partial charge on any atom is -0.328 e. The summed E-state index contributed by atoms with van der Waals surface area (Å²) in [4.78, 5) is 11.8. The molecule has 1 unspecified atom stereocenters. The Hall–Kier alpha value is -1.16. The van der Waals surface area contributed by atoms with Crippen molar-refractivity contribution in [3.63, 3.8) is 0 Å². The van der Waals surface area contributed by atoms with Crippen LogP contribution < -0.4 is 5.73 Å². The molecule has 4 nitrogen and oxygen atoms in total. The Labute approximate surface area is 90.5 Å². The van der Waals surface area contributed by atoms with Crippen molar-refractivity contribution in [3.8, 4) is 0 Å². The first-order chi connectivity index (χ1) is 7.15. The molecule has 0 saturated carbocycles. The second kappa shape index (κ2) is 5.66. The number of rotatable bonds is 6. The predicted octanol–water partition coefficient (Wildman–Crippen LogP) is 1.60. The van der Waals surface area contributed by atoms with Crippen LogP contribution in [0.1, 0.15) is 43.6 Å². The summed E-state index contributed by atoms with van der Waals surface area (Å²) in [6.45, 7) is 4.78. The van der Waals surface area contributed by atoms with E-state index >= 15 is 0 Å². The smallest absolute Gasteiger partial charge is 0.180 e. The zero-order valence-corrected chi connectivity index (χ0v) is 9.44. The SMILES string of the molecule is CCCn1nccc1C(=O)CCC(C)N. The highest BCUT2D eigenvalue weighted by molar-refractivity contribution is 5.94. The highest BCUT2D eigenvalue weighted by atomic mass is 16.1. The molecule has 0 aliphatic carbocycles. The van der Waals surface area contributed by atoms with Crippen LogP contribution >= 0.6 is 0 Å². The van der Waals surface area contributed by atoms with E-state index in [0.717, 1.165) is 19.4 Å². The number of nitrogens with two attached hydrogens (primary N) is 1. The van der Waals surface area contributed by atoms with Crippen LogP contribution in [0.5, 0.6) is 0 Å². The van der Waals surface area contributed by atoms with Crippen molar-refractivity contribution in [2.24, 2.45) is 5.73 Å². The lowest BCUT2D eigenvalue weighted by atomic mass is 10.1. The van der Waals surface area contributed by atoms with Crippen LogP contribution in [0, 0.1) is 0 Å². The van der Waals surface area contributed by atoms with Crippen molar-refractivity contribution in [2.75, 3.05) is 0 Å². The van der Waals surface area contributed by atoms with Crippen LogP contribution in [-0.2, 0) is 6.54 Å². The van der Waals surface area contributed by atoms with E-state index in [1.807, 2.05) is 6.92 Å². The van der Waals surface area contributed by atoms with E-state index in [4.69, 9.17) is 5.73 Å². The van der Waals surface area contributed by atoms with Gasteiger partial charge in [0, 0.05) is 25.2 Å². The topological polar surface area (TPSA) is 60.9 Å². The molecular formula is C11H19N3O. The van der Waals surface area contributed by atoms with E-state index in [0.29, 0.717) is 12.1 Å². The zero-order valence-electron chi connectivity index (χ0n) is 9.44. The summed E-state index contributed by atoms with van der Waals surface area (Å²) in [6, 6.07) is 1.86. The van der Waals surface area contributed by atoms with Gasteiger partial charge in [-0.2, -0.15) is 5.10 Å². The molecule has 1 aromatic heterocycles. The van der Waals surface area contributed by atoms with Crippen LogP contribution in [0.3, 0.4) is 0 Å². The van der Waals surface area contributed by atoms with Crippen molar-refractivity contribution in [1.29, 1.82) is 0 Å². The van der Waals surface area contributed by atoms with Crippen LogP contribution in [0.15, 0.2) is 12.3 Å². The molecule has 1 rings (SSSR count). The second-order valence-corrected chi connectivity index (χ2v) is 3.88. The Bertz CT molecular complexity index is 317. The van der Waals surface area contributed by atoms with Gasteiger partial charge in [0.2, 0.25) is 0 Å². The van der Waals surface area contributed by atoms with E-state index in [1.165, 1.54) is 0 Å². The third-order valence-electron chi connectivity index (χ3n) is 2.26. The minimum atomic E-state index is 0.0801. The van der Waals surface area contributed by atoms with Crippen LogP contribution in [0.2, 0.25) is 0 Å². The largest absolute Gasteiger partial charge is 0.328 e. The second-order valence-electron chi connectivity index (χ2n) is 3.88. The summed E-state index contributed by atoms with van der Waals surface area (Å²) in [5.41, 5.74) is 6.32. The standard InChI is InChI=1S/C11H19N3O/c1-3-8-14-10(6-7-13-14)11(15)5-4-9(2)12/h6-7,9H,3-5,8,12H2,1-2H3. The molecule has 1 heterocycles. The third-order valence-corrected chi connectivity index (χ3v) is 2.26. The highest BCUT2D eigenvalue weighted by Gasteiger charge is 2.11. The molecule has 15 heavy (non-hydrogen) atoms. The maximum absolute atomic E-state index is 11.8. The Morgan fingerprint density at radius 3 is 3.00 bits per heavy atom. The normalized spacial score (nSPS) is 12.7. The van der Waals surface area contributed by atoms with Gasteiger partial charge in [0.05, 0.1) is 0 Å². The number of nitrogens with zero attached hydrogens (tertiary/aromatic N) is 2. The van der Waals surface area contributed by atoms with Crippen molar-refractivity contribution in [1.82, 2.24) is 9.78 Å². The molecular weight excluding hydrogens is 190 g/mol. The first-order valence-corrected chi connectivity index (χ1v) is 5.45. The molecule has 1 aromatic rings. The Morgan fingerprint density at radius 2 is 2.40 bits per heavy atom. The van der Waals surface area contributed by atoms with Crippen LogP contribution in [-0.4, -0.2) is 21.6 Å².